The Morgan fingerprint density at radius 1 is 1.40 bits per heavy atom. The molecule has 2 heteroatoms. The summed E-state index contributed by atoms with van der Waals surface area (Å²) < 4.78 is 0. The molecule has 0 aromatic rings. The monoisotopic (exact) mass is 204 g/mol. The van der Waals surface area contributed by atoms with Gasteiger partial charge in [0.05, 0.1) is 11.5 Å². The SMILES string of the molecule is CC(C)(C#N)CNCC1CC2C=CC1C2. The van der Waals surface area contributed by atoms with Gasteiger partial charge < -0.3 is 5.32 Å². The van der Waals surface area contributed by atoms with Crippen molar-refractivity contribution in [2.75, 3.05) is 13.1 Å². The van der Waals surface area contributed by atoms with Gasteiger partial charge in [-0.05, 0) is 51.0 Å². The van der Waals surface area contributed by atoms with Crippen molar-refractivity contribution in [3.63, 3.8) is 0 Å². The van der Waals surface area contributed by atoms with Gasteiger partial charge in [0.25, 0.3) is 0 Å². The molecule has 82 valence electrons. The van der Waals surface area contributed by atoms with E-state index < -0.39 is 0 Å². The quantitative estimate of drug-likeness (QED) is 0.713. The maximum absolute atomic E-state index is 8.89. The molecule has 0 aliphatic heterocycles. The minimum Gasteiger partial charge on any atom is -0.315 e. The molecule has 2 bridgehead atoms. The summed E-state index contributed by atoms with van der Waals surface area (Å²) in [6.45, 7) is 5.86. The van der Waals surface area contributed by atoms with Gasteiger partial charge in [-0.2, -0.15) is 5.26 Å². The van der Waals surface area contributed by atoms with E-state index >= 15 is 0 Å². The molecule has 0 saturated heterocycles. The third kappa shape index (κ3) is 2.41. The van der Waals surface area contributed by atoms with E-state index in [1.807, 2.05) is 13.8 Å². The molecule has 0 aromatic heterocycles. The maximum atomic E-state index is 8.89. The summed E-state index contributed by atoms with van der Waals surface area (Å²) in [7, 11) is 0. The van der Waals surface area contributed by atoms with Gasteiger partial charge in [-0.15, -0.1) is 0 Å². The Morgan fingerprint density at radius 3 is 2.73 bits per heavy atom. The van der Waals surface area contributed by atoms with Gasteiger partial charge in [0, 0.05) is 6.54 Å². The van der Waals surface area contributed by atoms with Gasteiger partial charge in [-0.25, -0.2) is 0 Å². The predicted molar refractivity (Wildman–Crippen MR) is 61.1 cm³/mol. The average molecular weight is 204 g/mol. The van der Waals surface area contributed by atoms with Crippen molar-refractivity contribution in [2.45, 2.75) is 26.7 Å². The molecule has 2 aliphatic carbocycles. The molecule has 3 unspecified atom stereocenters. The van der Waals surface area contributed by atoms with Crippen LogP contribution in [0.2, 0.25) is 0 Å². The minimum absolute atomic E-state index is 0.229. The van der Waals surface area contributed by atoms with Crippen LogP contribution < -0.4 is 5.32 Å². The zero-order valence-electron chi connectivity index (χ0n) is 9.66. The maximum Gasteiger partial charge on any atom is 0.0697 e. The highest BCUT2D eigenvalue weighted by Gasteiger charge is 2.35. The molecule has 3 atom stereocenters. The zero-order chi connectivity index (χ0) is 10.9. The van der Waals surface area contributed by atoms with Crippen molar-refractivity contribution < 1.29 is 0 Å². The van der Waals surface area contributed by atoms with Gasteiger partial charge >= 0.3 is 0 Å². The molecular formula is C13H20N2. The Morgan fingerprint density at radius 2 is 2.20 bits per heavy atom. The van der Waals surface area contributed by atoms with Gasteiger partial charge in [-0.3, -0.25) is 0 Å². The normalized spacial score (nSPS) is 33.3. The second-order valence-corrected chi connectivity index (χ2v) is 5.67. The molecule has 0 heterocycles. The number of fused-ring (bicyclic) bond motifs is 2. The predicted octanol–water partition coefficient (Wildman–Crippen LogP) is 2.34. The highest BCUT2D eigenvalue weighted by Crippen LogP contribution is 2.42. The fourth-order valence-electron chi connectivity index (χ4n) is 2.74. The lowest BCUT2D eigenvalue weighted by atomic mass is 9.92. The van der Waals surface area contributed by atoms with Crippen molar-refractivity contribution in [3.8, 4) is 6.07 Å². The van der Waals surface area contributed by atoms with E-state index in [1.54, 1.807) is 0 Å². The summed E-state index contributed by atoms with van der Waals surface area (Å²) in [5.74, 6) is 2.48. The molecule has 15 heavy (non-hydrogen) atoms. The lowest BCUT2D eigenvalue weighted by molar-refractivity contribution is 0.373. The second-order valence-electron chi connectivity index (χ2n) is 5.67. The number of nitrogens with zero attached hydrogens (tertiary/aromatic N) is 1. The molecule has 1 N–H and O–H groups in total. The standard InChI is InChI=1S/C13H20N2/c1-13(2,8-14)9-15-7-12-6-10-3-4-11(12)5-10/h3-4,10-12,15H,5-7,9H2,1-2H3. The van der Waals surface area contributed by atoms with E-state index in [1.165, 1.54) is 12.8 Å². The Kier molecular flexibility index (Phi) is 2.84. The van der Waals surface area contributed by atoms with Crippen molar-refractivity contribution in [2.24, 2.45) is 23.2 Å². The van der Waals surface area contributed by atoms with Crippen LogP contribution in [0.5, 0.6) is 0 Å². The molecule has 0 spiro atoms. The minimum atomic E-state index is -0.229. The van der Waals surface area contributed by atoms with Crippen LogP contribution in [0.1, 0.15) is 26.7 Å². The van der Waals surface area contributed by atoms with Crippen LogP contribution >= 0.6 is 0 Å². The van der Waals surface area contributed by atoms with Crippen LogP contribution in [0.4, 0.5) is 0 Å². The zero-order valence-corrected chi connectivity index (χ0v) is 9.66. The third-order valence-electron chi connectivity index (χ3n) is 3.69. The van der Waals surface area contributed by atoms with Crippen molar-refractivity contribution >= 4 is 0 Å². The second kappa shape index (κ2) is 3.98. The van der Waals surface area contributed by atoms with E-state index in [0.717, 1.165) is 30.8 Å². The first-order valence-corrected chi connectivity index (χ1v) is 5.91. The highest BCUT2D eigenvalue weighted by molar-refractivity contribution is 5.10. The summed E-state index contributed by atoms with van der Waals surface area (Å²) in [6, 6.07) is 2.32. The van der Waals surface area contributed by atoms with Gasteiger partial charge in [0.1, 0.15) is 0 Å². The number of nitriles is 1. The van der Waals surface area contributed by atoms with Crippen LogP contribution in [0.25, 0.3) is 0 Å². The number of hydrogen-bond acceptors (Lipinski definition) is 2. The highest BCUT2D eigenvalue weighted by atomic mass is 14.9. The molecule has 1 fully saturated rings. The molecule has 0 aromatic carbocycles. The summed E-state index contributed by atoms with van der Waals surface area (Å²) in [5, 5.41) is 12.3. The Bertz CT molecular complexity index is 298. The molecule has 2 nitrogen and oxygen atoms in total. The molecule has 2 aliphatic rings. The smallest absolute Gasteiger partial charge is 0.0697 e. The summed E-state index contributed by atoms with van der Waals surface area (Å²) >= 11 is 0. The van der Waals surface area contributed by atoms with Crippen LogP contribution in [-0.2, 0) is 0 Å². The molecule has 0 radical (unpaired) electrons. The van der Waals surface area contributed by atoms with E-state index in [0.29, 0.717) is 0 Å². The number of allylic oxidation sites excluding steroid dienone is 2. The van der Waals surface area contributed by atoms with E-state index in [2.05, 4.69) is 23.5 Å². The number of nitrogens with one attached hydrogen (secondary N) is 1. The summed E-state index contributed by atoms with van der Waals surface area (Å²) in [6.07, 6.45) is 7.48. The average Bonchev–Trinajstić information content (AvgIpc) is 2.79. The van der Waals surface area contributed by atoms with Crippen LogP contribution in [0.3, 0.4) is 0 Å². The topological polar surface area (TPSA) is 35.8 Å². The molecule has 2 rings (SSSR count). The first-order valence-electron chi connectivity index (χ1n) is 5.91. The van der Waals surface area contributed by atoms with Crippen LogP contribution in [0.15, 0.2) is 12.2 Å². The lowest BCUT2D eigenvalue weighted by Gasteiger charge is -2.21. The van der Waals surface area contributed by atoms with Gasteiger partial charge in [-0.1, -0.05) is 12.2 Å². The fourth-order valence-corrected chi connectivity index (χ4v) is 2.74. The van der Waals surface area contributed by atoms with E-state index in [-0.39, 0.29) is 5.41 Å². The van der Waals surface area contributed by atoms with Gasteiger partial charge in [0.2, 0.25) is 0 Å². The van der Waals surface area contributed by atoms with Crippen LogP contribution in [-0.4, -0.2) is 13.1 Å². The van der Waals surface area contributed by atoms with Gasteiger partial charge in [0.15, 0.2) is 0 Å². The largest absolute Gasteiger partial charge is 0.315 e. The van der Waals surface area contributed by atoms with Crippen molar-refractivity contribution in [1.82, 2.24) is 5.32 Å². The fraction of sp³-hybridized carbons (Fsp3) is 0.769. The lowest BCUT2D eigenvalue weighted by Crippen LogP contribution is -2.33. The third-order valence-corrected chi connectivity index (χ3v) is 3.69. The summed E-state index contributed by atoms with van der Waals surface area (Å²) in [5.41, 5.74) is -0.229. The molecule has 1 saturated carbocycles. The van der Waals surface area contributed by atoms with E-state index in [4.69, 9.17) is 5.26 Å². The summed E-state index contributed by atoms with van der Waals surface area (Å²) in [4.78, 5) is 0. The Hall–Kier alpha value is -0.810. The van der Waals surface area contributed by atoms with Crippen LogP contribution in [0, 0.1) is 34.5 Å². The number of rotatable bonds is 4. The molecular weight excluding hydrogens is 184 g/mol. The Balaban J connectivity index is 1.72. The first-order chi connectivity index (χ1) is 7.11. The Labute approximate surface area is 92.4 Å². The van der Waals surface area contributed by atoms with E-state index in [9.17, 15) is 0 Å². The first kappa shape index (κ1) is 10.7. The number of hydrogen-bond donors (Lipinski definition) is 1. The molecule has 0 amide bonds. The van der Waals surface area contributed by atoms with Crippen molar-refractivity contribution in [1.29, 1.82) is 5.26 Å². The van der Waals surface area contributed by atoms with Crippen molar-refractivity contribution in [3.05, 3.63) is 12.2 Å².